The molecule has 92 valence electrons. The lowest BCUT2D eigenvalue weighted by atomic mass is 10.1. The van der Waals surface area contributed by atoms with E-state index in [9.17, 15) is 4.79 Å². The molecule has 0 aromatic rings. The standard InChI is InChI=1S/C11H20N2O3/c1-3-4-13(5-6-14)11(15)10-7-9(16-2)8-12-10/h3,9-10,12,14H,1,4-8H2,2H3. The van der Waals surface area contributed by atoms with Gasteiger partial charge in [-0.3, -0.25) is 4.79 Å². The molecule has 0 aromatic heterocycles. The smallest absolute Gasteiger partial charge is 0.240 e. The van der Waals surface area contributed by atoms with Crippen LogP contribution in [0.15, 0.2) is 12.7 Å². The molecule has 0 bridgehead atoms. The van der Waals surface area contributed by atoms with Crippen LogP contribution in [-0.2, 0) is 9.53 Å². The number of nitrogens with zero attached hydrogens (tertiary/aromatic N) is 1. The maximum absolute atomic E-state index is 12.0. The van der Waals surface area contributed by atoms with E-state index in [1.165, 1.54) is 0 Å². The highest BCUT2D eigenvalue weighted by Crippen LogP contribution is 2.12. The van der Waals surface area contributed by atoms with Crippen molar-refractivity contribution in [3.8, 4) is 0 Å². The zero-order chi connectivity index (χ0) is 12.0. The minimum absolute atomic E-state index is 0.00787. The minimum atomic E-state index is -0.198. The molecule has 2 atom stereocenters. The predicted molar refractivity (Wildman–Crippen MR) is 61.1 cm³/mol. The Balaban J connectivity index is 2.50. The lowest BCUT2D eigenvalue weighted by Gasteiger charge is -2.23. The van der Waals surface area contributed by atoms with Crippen LogP contribution in [0.4, 0.5) is 0 Å². The molecular formula is C11H20N2O3. The largest absolute Gasteiger partial charge is 0.395 e. The first-order chi connectivity index (χ1) is 7.72. The Labute approximate surface area is 96.1 Å². The molecular weight excluding hydrogens is 208 g/mol. The van der Waals surface area contributed by atoms with Gasteiger partial charge >= 0.3 is 0 Å². The molecule has 2 unspecified atom stereocenters. The topological polar surface area (TPSA) is 61.8 Å². The molecule has 1 rings (SSSR count). The molecule has 16 heavy (non-hydrogen) atoms. The fourth-order valence-corrected chi connectivity index (χ4v) is 1.86. The lowest BCUT2D eigenvalue weighted by molar-refractivity contribution is -0.133. The Kier molecular flexibility index (Phi) is 5.45. The summed E-state index contributed by atoms with van der Waals surface area (Å²) in [5, 5.41) is 12.0. The van der Waals surface area contributed by atoms with Crippen LogP contribution in [0.1, 0.15) is 6.42 Å². The van der Waals surface area contributed by atoms with Gasteiger partial charge in [-0.2, -0.15) is 0 Å². The molecule has 5 heteroatoms. The van der Waals surface area contributed by atoms with Crippen molar-refractivity contribution in [1.82, 2.24) is 10.2 Å². The maximum atomic E-state index is 12.0. The van der Waals surface area contributed by atoms with Gasteiger partial charge in [0.25, 0.3) is 0 Å². The molecule has 0 aliphatic carbocycles. The summed E-state index contributed by atoms with van der Waals surface area (Å²) in [6.45, 7) is 5.09. The van der Waals surface area contributed by atoms with Gasteiger partial charge in [-0.1, -0.05) is 6.08 Å². The van der Waals surface area contributed by atoms with Crippen molar-refractivity contribution in [1.29, 1.82) is 0 Å². The van der Waals surface area contributed by atoms with Crippen LogP contribution in [0.3, 0.4) is 0 Å². The Morgan fingerprint density at radius 1 is 1.75 bits per heavy atom. The molecule has 1 saturated heterocycles. The molecule has 5 nitrogen and oxygen atoms in total. The van der Waals surface area contributed by atoms with E-state index in [2.05, 4.69) is 11.9 Å². The average molecular weight is 228 g/mol. The normalized spacial score (nSPS) is 24.4. The average Bonchev–Trinajstić information content (AvgIpc) is 2.76. The molecule has 0 saturated carbocycles. The van der Waals surface area contributed by atoms with E-state index in [0.29, 0.717) is 26.1 Å². The Morgan fingerprint density at radius 3 is 3.00 bits per heavy atom. The highest BCUT2D eigenvalue weighted by molar-refractivity contribution is 5.82. The summed E-state index contributed by atoms with van der Waals surface area (Å²) in [5.74, 6) is 0.00787. The molecule has 0 spiro atoms. The van der Waals surface area contributed by atoms with Crippen LogP contribution in [-0.4, -0.2) is 61.4 Å². The van der Waals surface area contributed by atoms with E-state index in [1.807, 2.05) is 0 Å². The van der Waals surface area contributed by atoms with Gasteiger partial charge in [0.2, 0.25) is 5.91 Å². The first-order valence-electron chi connectivity index (χ1n) is 5.49. The van der Waals surface area contributed by atoms with Crippen molar-refractivity contribution >= 4 is 5.91 Å². The van der Waals surface area contributed by atoms with Gasteiger partial charge in [0, 0.05) is 26.7 Å². The summed E-state index contributed by atoms with van der Waals surface area (Å²) >= 11 is 0. The van der Waals surface area contributed by atoms with E-state index in [1.54, 1.807) is 18.1 Å². The Hall–Kier alpha value is -0.910. The van der Waals surface area contributed by atoms with Gasteiger partial charge in [0.15, 0.2) is 0 Å². The quantitative estimate of drug-likeness (QED) is 0.594. The van der Waals surface area contributed by atoms with E-state index >= 15 is 0 Å². The van der Waals surface area contributed by atoms with E-state index in [4.69, 9.17) is 9.84 Å². The zero-order valence-electron chi connectivity index (χ0n) is 9.69. The molecule has 1 heterocycles. The number of methoxy groups -OCH3 is 1. The molecule has 1 amide bonds. The van der Waals surface area contributed by atoms with Gasteiger partial charge in [0.05, 0.1) is 18.8 Å². The first kappa shape index (κ1) is 13.2. The molecule has 1 aliphatic rings. The zero-order valence-corrected chi connectivity index (χ0v) is 9.69. The van der Waals surface area contributed by atoms with Crippen molar-refractivity contribution in [2.45, 2.75) is 18.6 Å². The molecule has 1 fully saturated rings. The third-order valence-corrected chi connectivity index (χ3v) is 2.75. The number of carbonyl (C=O) groups is 1. The number of aliphatic hydroxyl groups is 1. The van der Waals surface area contributed by atoms with E-state index < -0.39 is 0 Å². The maximum Gasteiger partial charge on any atom is 0.240 e. The van der Waals surface area contributed by atoms with Crippen molar-refractivity contribution in [3.63, 3.8) is 0 Å². The number of rotatable bonds is 6. The summed E-state index contributed by atoms with van der Waals surface area (Å²) < 4.78 is 5.19. The van der Waals surface area contributed by atoms with Crippen molar-refractivity contribution in [2.75, 3.05) is 33.4 Å². The highest BCUT2D eigenvalue weighted by Gasteiger charge is 2.31. The fraction of sp³-hybridized carbons (Fsp3) is 0.727. The number of nitrogens with one attached hydrogen (secondary N) is 1. The van der Waals surface area contributed by atoms with Gasteiger partial charge in [-0.15, -0.1) is 6.58 Å². The van der Waals surface area contributed by atoms with Crippen LogP contribution >= 0.6 is 0 Å². The highest BCUT2D eigenvalue weighted by atomic mass is 16.5. The van der Waals surface area contributed by atoms with Crippen LogP contribution in [0.5, 0.6) is 0 Å². The Bertz CT molecular complexity index is 245. The lowest BCUT2D eigenvalue weighted by Crippen LogP contribution is -2.44. The number of ether oxygens (including phenoxy) is 1. The molecule has 2 N–H and O–H groups in total. The molecule has 1 aliphatic heterocycles. The van der Waals surface area contributed by atoms with Crippen LogP contribution in [0, 0.1) is 0 Å². The second kappa shape index (κ2) is 6.62. The number of hydrogen-bond donors (Lipinski definition) is 2. The number of aliphatic hydroxyl groups excluding tert-OH is 1. The SMILES string of the molecule is C=CCN(CCO)C(=O)C1CC(OC)CN1. The number of hydrogen-bond acceptors (Lipinski definition) is 4. The monoisotopic (exact) mass is 228 g/mol. The van der Waals surface area contributed by atoms with Crippen molar-refractivity contribution in [2.24, 2.45) is 0 Å². The van der Waals surface area contributed by atoms with Gasteiger partial charge in [0.1, 0.15) is 0 Å². The molecule has 0 aromatic carbocycles. The van der Waals surface area contributed by atoms with Crippen molar-refractivity contribution < 1.29 is 14.6 Å². The predicted octanol–water partition coefficient (Wildman–Crippen LogP) is -0.630. The van der Waals surface area contributed by atoms with Crippen LogP contribution in [0.25, 0.3) is 0 Å². The van der Waals surface area contributed by atoms with Gasteiger partial charge in [-0.05, 0) is 6.42 Å². The summed E-state index contributed by atoms with van der Waals surface area (Å²) in [4.78, 5) is 13.6. The van der Waals surface area contributed by atoms with Crippen LogP contribution in [0.2, 0.25) is 0 Å². The third kappa shape index (κ3) is 3.30. The number of amides is 1. The summed E-state index contributed by atoms with van der Waals surface area (Å²) in [5.41, 5.74) is 0. The summed E-state index contributed by atoms with van der Waals surface area (Å²) in [6, 6.07) is -0.198. The van der Waals surface area contributed by atoms with Gasteiger partial charge in [-0.25, -0.2) is 0 Å². The second-order valence-electron chi connectivity index (χ2n) is 3.85. The fourth-order valence-electron chi connectivity index (χ4n) is 1.86. The summed E-state index contributed by atoms with van der Waals surface area (Å²) in [7, 11) is 1.65. The number of carbonyl (C=O) groups excluding carboxylic acids is 1. The first-order valence-corrected chi connectivity index (χ1v) is 5.49. The van der Waals surface area contributed by atoms with E-state index in [0.717, 1.165) is 0 Å². The second-order valence-corrected chi connectivity index (χ2v) is 3.85. The molecule has 0 radical (unpaired) electrons. The Morgan fingerprint density at radius 2 is 2.50 bits per heavy atom. The minimum Gasteiger partial charge on any atom is -0.395 e. The van der Waals surface area contributed by atoms with Crippen molar-refractivity contribution in [3.05, 3.63) is 12.7 Å². The third-order valence-electron chi connectivity index (χ3n) is 2.75. The van der Waals surface area contributed by atoms with Crippen LogP contribution < -0.4 is 5.32 Å². The van der Waals surface area contributed by atoms with E-state index in [-0.39, 0.29) is 24.7 Å². The van der Waals surface area contributed by atoms with Gasteiger partial charge < -0.3 is 20.1 Å². The summed E-state index contributed by atoms with van der Waals surface area (Å²) in [6.07, 6.45) is 2.46.